The van der Waals surface area contributed by atoms with Crippen molar-refractivity contribution >= 4 is 11.6 Å². The summed E-state index contributed by atoms with van der Waals surface area (Å²) in [5, 5.41) is 6.22. The summed E-state index contributed by atoms with van der Waals surface area (Å²) >= 11 is 0. The number of hydrogen-bond acceptors (Lipinski definition) is 3. The van der Waals surface area contributed by atoms with Gasteiger partial charge in [-0.15, -0.1) is 0 Å². The van der Waals surface area contributed by atoms with Gasteiger partial charge in [0, 0.05) is 25.7 Å². The molecular weight excluding hydrogens is 269 g/mol. The van der Waals surface area contributed by atoms with E-state index in [1.807, 2.05) is 17.9 Å². The number of piperazine rings is 1. The van der Waals surface area contributed by atoms with Crippen LogP contribution in [-0.2, 0) is 11.3 Å². The van der Waals surface area contributed by atoms with Crippen LogP contribution in [-0.4, -0.2) is 31.1 Å². The lowest BCUT2D eigenvalue weighted by Gasteiger charge is -2.36. The van der Waals surface area contributed by atoms with Gasteiger partial charge in [0.15, 0.2) is 0 Å². The minimum absolute atomic E-state index is 0.0115. The van der Waals surface area contributed by atoms with Crippen molar-refractivity contribution in [3.63, 3.8) is 0 Å². The van der Waals surface area contributed by atoms with Crippen molar-refractivity contribution in [2.75, 3.05) is 18.0 Å². The predicted molar refractivity (Wildman–Crippen MR) is 80.7 cm³/mol. The summed E-state index contributed by atoms with van der Waals surface area (Å²) < 4.78 is 14.4. The fourth-order valence-electron chi connectivity index (χ4n) is 2.85. The third kappa shape index (κ3) is 3.18. The normalized spacial score (nSPS) is 22.3. The largest absolute Gasteiger partial charge is 0.355 e. The number of rotatable bonds is 5. The van der Waals surface area contributed by atoms with Crippen molar-refractivity contribution < 1.29 is 9.18 Å². The van der Waals surface area contributed by atoms with Crippen LogP contribution in [0.2, 0.25) is 0 Å². The van der Waals surface area contributed by atoms with Gasteiger partial charge in [0.25, 0.3) is 0 Å². The lowest BCUT2D eigenvalue weighted by Crippen LogP contribution is -2.55. The summed E-state index contributed by atoms with van der Waals surface area (Å²) in [6.07, 6.45) is 3.12. The second-order valence-electron chi connectivity index (χ2n) is 5.85. The predicted octanol–water partition coefficient (Wildman–Crippen LogP) is 1.79. The molecule has 1 aromatic carbocycles. The van der Waals surface area contributed by atoms with Gasteiger partial charge in [0.05, 0.1) is 5.69 Å². The molecule has 1 atom stereocenters. The maximum atomic E-state index is 14.4. The number of halogens is 1. The number of carbonyl (C=O) groups excluding carboxylic acids is 1. The molecule has 1 amide bonds. The van der Waals surface area contributed by atoms with Crippen molar-refractivity contribution in [1.29, 1.82) is 0 Å². The van der Waals surface area contributed by atoms with Crippen molar-refractivity contribution in [1.82, 2.24) is 10.6 Å². The van der Waals surface area contributed by atoms with Crippen molar-refractivity contribution in [3.8, 4) is 0 Å². The fourth-order valence-corrected chi connectivity index (χ4v) is 2.85. The molecule has 5 heteroatoms. The van der Waals surface area contributed by atoms with E-state index in [1.54, 1.807) is 12.1 Å². The number of amides is 1. The van der Waals surface area contributed by atoms with Gasteiger partial charge >= 0.3 is 0 Å². The molecule has 1 aliphatic heterocycles. The van der Waals surface area contributed by atoms with Crippen LogP contribution in [0.5, 0.6) is 0 Å². The average Bonchev–Trinajstić information content (AvgIpc) is 3.29. The SMILES string of the molecule is CCC1C(=O)NCCN1c1ccc(CNC2CC2)cc1F. The highest BCUT2D eigenvalue weighted by molar-refractivity contribution is 5.86. The Kier molecular flexibility index (Phi) is 4.10. The minimum atomic E-state index is -0.274. The Morgan fingerprint density at radius 2 is 2.24 bits per heavy atom. The van der Waals surface area contributed by atoms with Gasteiger partial charge in [-0.3, -0.25) is 4.79 Å². The number of nitrogens with zero attached hydrogens (tertiary/aromatic N) is 1. The summed E-state index contributed by atoms with van der Waals surface area (Å²) in [5.74, 6) is -0.249. The van der Waals surface area contributed by atoms with Crippen molar-refractivity contribution in [2.45, 2.75) is 44.8 Å². The minimum Gasteiger partial charge on any atom is -0.355 e. The summed E-state index contributed by atoms with van der Waals surface area (Å²) in [7, 11) is 0. The molecule has 0 aromatic heterocycles. The van der Waals surface area contributed by atoms with E-state index in [1.165, 1.54) is 12.8 Å². The molecule has 4 nitrogen and oxygen atoms in total. The van der Waals surface area contributed by atoms with Crippen LogP contribution in [0.25, 0.3) is 0 Å². The lowest BCUT2D eigenvalue weighted by atomic mass is 10.1. The first-order chi connectivity index (χ1) is 10.2. The Bertz CT molecular complexity index is 530. The van der Waals surface area contributed by atoms with Gasteiger partial charge in [0.1, 0.15) is 11.9 Å². The molecule has 2 N–H and O–H groups in total. The molecule has 114 valence electrons. The van der Waals surface area contributed by atoms with Crippen LogP contribution in [0.3, 0.4) is 0 Å². The zero-order valence-electron chi connectivity index (χ0n) is 12.4. The summed E-state index contributed by atoms with van der Waals surface area (Å²) in [6.45, 7) is 3.88. The second kappa shape index (κ2) is 6.02. The van der Waals surface area contributed by atoms with Crippen molar-refractivity contribution in [2.24, 2.45) is 0 Å². The topological polar surface area (TPSA) is 44.4 Å². The van der Waals surface area contributed by atoms with Crippen LogP contribution < -0.4 is 15.5 Å². The van der Waals surface area contributed by atoms with Crippen molar-refractivity contribution in [3.05, 3.63) is 29.6 Å². The summed E-state index contributed by atoms with van der Waals surface area (Å²) in [4.78, 5) is 13.8. The van der Waals surface area contributed by atoms with Gasteiger partial charge in [-0.2, -0.15) is 0 Å². The highest BCUT2D eigenvalue weighted by Gasteiger charge is 2.29. The number of carbonyl (C=O) groups is 1. The molecule has 2 aliphatic rings. The molecule has 3 rings (SSSR count). The molecule has 1 saturated heterocycles. The first kappa shape index (κ1) is 14.3. The Morgan fingerprint density at radius 3 is 2.90 bits per heavy atom. The first-order valence-corrected chi connectivity index (χ1v) is 7.75. The molecule has 0 bridgehead atoms. The van der Waals surface area contributed by atoms with E-state index in [-0.39, 0.29) is 17.8 Å². The zero-order valence-corrected chi connectivity index (χ0v) is 12.4. The zero-order chi connectivity index (χ0) is 14.8. The lowest BCUT2D eigenvalue weighted by molar-refractivity contribution is -0.123. The fraction of sp³-hybridized carbons (Fsp3) is 0.562. The molecule has 0 radical (unpaired) electrons. The van der Waals surface area contributed by atoms with Gasteiger partial charge < -0.3 is 15.5 Å². The van der Waals surface area contributed by atoms with Crippen LogP contribution in [0, 0.1) is 5.82 Å². The smallest absolute Gasteiger partial charge is 0.242 e. The van der Waals surface area contributed by atoms with Crippen LogP contribution in [0.15, 0.2) is 18.2 Å². The number of benzene rings is 1. The second-order valence-corrected chi connectivity index (χ2v) is 5.85. The maximum absolute atomic E-state index is 14.4. The number of hydrogen-bond donors (Lipinski definition) is 2. The maximum Gasteiger partial charge on any atom is 0.242 e. The third-order valence-electron chi connectivity index (χ3n) is 4.21. The molecule has 0 spiro atoms. The molecule has 1 saturated carbocycles. The standard InChI is InChI=1S/C16H22FN3O/c1-2-14-16(21)18-7-8-20(14)15-6-3-11(9-13(15)17)10-19-12-4-5-12/h3,6,9,12,14,19H,2,4-5,7-8,10H2,1H3,(H,18,21). The number of anilines is 1. The average molecular weight is 291 g/mol. The molecule has 1 unspecified atom stereocenters. The van der Waals surface area contributed by atoms with E-state index < -0.39 is 0 Å². The van der Waals surface area contributed by atoms with Crippen LogP contribution in [0.4, 0.5) is 10.1 Å². The third-order valence-corrected chi connectivity index (χ3v) is 4.21. The Hall–Kier alpha value is -1.62. The van der Waals surface area contributed by atoms with E-state index >= 15 is 0 Å². The van der Waals surface area contributed by atoms with Gasteiger partial charge in [0.2, 0.25) is 5.91 Å². The Morgan fingerprint density at radius 1 is 1.43 bits per heavy atom. The highest BCUT2D eigenvalue weighted by Crippen LogP contribution is 2.25. The van der Waals surface area contributed by atoms with E-state index in [2.05, 4.69) is 10.6 Å². The van der Waals surface area contributed by atoms with E-state index in [0.29, 0.717) is 37.8 Å². The molecule has 2 fully saturated rings. The van der Waals surface area contributed by atoms with Gasteiger partial charge in [-0.1, -0.05) is 13.0 Å². The van der Waals surface area contributed by atoms with Crippen LogP contribution in [0.1, 0.15) is 31.7 Å². The van der Waals surface area contributed by atoms with E-state index in [0.717, 1.165) is 5.56 Å². The molecule has 1 aromatic rings. The summed E-state index contributed by atoms with van der Waals surface area (Å²) in [6, 6.07) is 5.68. The molecule has 1 aliphatic carbocycles. The van der Waals surface area contributed by atoms with Gasteiger partial charge in [-0.25, -0.2) is 4.39 Å². The molecule has 21 heavy (non-hydrogen) atoms. The molecule has 1 heterocycles. The van der Waals surface area contributed by atoms with E-state index in [4.69, 9.17) is 0 Å². The van der Waals surface area contributed by atoms with Gasteiger partial charge in [-0.05, 0) is 37.0 Å². The highest BCUT2D eigenvalue weighted by atomic mass is 19.1. The Labute approximate surface area is 124 Å². The Balaban J connectivity index is 1.75. The van der Waals surface area contributed by atoms with Crippen LogP contribution >= 0.6 is 0 Å². The number of nitrogens with one attached hydrogen (secondary N) is 2. The van der Waals surface area contributed by atoms with E-state index in [9.17, 15) is 9.18 Å². The first-order valence-electron chi connectivity index (χ1n) is 7.75. The summed E-state index contributed by atoms with van der Waals surface area (Å²) in [5.41, 5.74) is 1.49. The quantitative estimate of drug-likeness (QED) is 0.869. The molecular formula is C16H22FN3O. The monoisotopic (exact) mass is 291 g/mol.